The minimum Gasteiger partial charge on any atom is -0.310 e. The summed E-state index contributed by atoms with van der Waals surface area (Å²) in [7, 11) is 6.19. The van der Waals surface area contributed by atoms with Gasteiger partial charge in [-0.15, -0.1) is 0 Å². The third-order valence-corrected chi connectivity index (χ3v) is 4.24. The van der Waals surface area contributed by atoms with E-state index in [1.165, 1.54) is 18.1 Å². The van der Waals surface area contributed by atoms with E-state index < -0.39 is 0 Å². The van der Waals surface area contributed by atoms with E-state index in [1.54, 1.807) is 0 Å². The van der Waals surface area contributed by atoms with Gasteiger partial charge < -0.3 is 5.32 Å². The number of hydrogen-bond donors (Lipinski definition) is 1. The molecule has 90 valence electrons. The first-order valence-electron chi connectivity index (χ1n) is 5.67. The zero-order valence-corrected chi connectivity index (χ0v) is 11.0. The second-order valence-corrected chi connectivity index (χ2v) is 5.45. The molecule has 0 aromatic carbocycles. The summed E-state index contributed by atoms with van der Waals surface area (Å²) in [6.45, 7) is 1.17. The highest BCUT2D eigenvalue weighted by molar-refractivity contribution is 7.99. The molecule has 0 radical (unpaired) electrons. The van der Waals surface area contributed by atoms with Gasteiger partial charge in [0.05, 0.1) is 11.7 Å². The molecule has 5 heteroatoms. The average molecular weight is 240 g/mol. The maximum absolute atomic E-state index is 4.51. The van der Waals surface area contributed by atoms with Crippen molar-refractivity contribution in [1.82, 2.24) is 20.0 Å². The van der Waals surface area contributed by atoms with E-state index in [2.05, 4.69) is 28.4 Å². The van der Waals surface area contributed by atoms with Crippen molar-refractivity contribution in [2.24, 2.45) is 7.05 Å². The Bertz CT molecular complexity index is 338. The van der Waals surface area contributed by atoms with Crippen LogP contribution in [0.4, 0.5) is 0 Å². The Hall–Kier alpha value is -0.520. The molecule has 0 amide bonds. The van der Waals surface area contributed by atoms with E-state index in [4.69, 9.17) is 0 Å². The molecule has 1 aromatic rings. The van der Waals surface area contributed by atoms with Crippen LogP contribution in [0.15, 0.2) is 12.3 Å². The number of likely N-dealkylation sites (N-methyl/N-ethyl adjacent to an activating group) is 2. The lowest BCUT2D eigenvalue weighted by Crippen LogP contribution is -2.47. The molecular weight excluding hydrogens is 220 g/mol. The average Bonchev–Trinajstić information content (AvgIpc) is 2.69. The smallest absolute Gasteiger partial charge is 0.0810 e. The van der Waals surface area contributed by atoms with E-state index in [0.717, 1.165) is 5.69 Å². The van der Waals surface area contributed by atoms with Crippen molar-refractivity contribution in [3.05, 3.63) is 18.0 Å². The molecule has 0 aliphatic carbocycles. The Morgan fingerprint density at radius 1 is 1.56 bits per heavy atom. The summed E-state index contributed by atoms with van der Waals surface area (Å²) >= 11 is 2.04. The Morgan fingerprint density at radius 2 is 2.38 bits per heavy atom. The lowest BCUT2D eigenvalue weighted by atomic mass is 10.1. The van der Waals surface area contributed by atoms with Crippen LogP contribution in [0.2, 0.25) is 0 Å². The van der Waals surface area contributed by atoms with Crippen molar-refractivity contribution in [1.29, 1.82) is 0 Å². The molecule has 2 heterocycles. The number of hydrogen-bond acceptors (Lipinski definition) is 4. The minimum atomic E-state index is 0.332. The van der Waals surface area contributed by atoms with Gasteiger partial charge in [-0.3, -0.25) is 9.58 Å². The zero-order chi connectivity index (χ0) is 11.5. The van der Waals surface area contributed by atoms with Crippen LogP contribution in [0.25, 0.3) is 0 Å². The summed E-state index contributed by atoms with van der Waals surface area (Å²) in [5.74, 6) is 2.42. The third kappa shape index (κ3) is 2.42. The zero-order valence-electron chi connectivity index (χ0n) is 10.2. The number of aromatic nitrogens is 2. The number of thioether (sulfide) groups is 1. The fourth-order valence-corrected chi connectivity index (χ4v) is 3.46. The van der Waals surface area contributed by atoms with Gasteiger partial charge in [-0.2, -0.15) is 16.9 Å². The first-order chi connectivity index (χ1) is 7.72. The quantitative estimate of drug-likeness (QED) is 0.844. The summed E-state index contributed by atoms with van der Waals surface area (Å²) in [6, 6.07) is 2.98. The topological polar surface area (TPSA) is 33.1 Å². The van der Waals surface area contributed by atoms with Gasteiger partial charge in [0.25, 0.3) is 0 Å². The molecule has 4 nitrogen and oxygen atoms in total. The Labute approximate surface area is 101 Å². The van der Waals surface area contributed by atoms with Crippen LogP contribution in [0.3, 0.4) is 0 Å². The van der Waals surface area contributed by atoms with E-state index in [0.29, 0.717) is 12.1 Å². The monoisotopic (exact) mass is 240 g/mol. The molecule has 1 N–H and O–H groups in total. The Kier molecular flexibility index (Phi) is 3.89. The molecule has 0 saturated carbocycles. The number of rotatable bonds is 3. The molecule has 0 bridgehead atoms. The standard InChI is InChI=1S/C11H20N4S/c1-12-11(9-4-5-15(3)13-9)10-8-16-7-6-14(10)2/h4-5,10-12H,6-8H2,1-3H3. The van der Waals surface area contributed by atoms with Crippen molar-refractivity contribution in [3.8, 4) is 0 Å². The number of aryl methyl sites for hydroxylation is 1. The van der Waals surface area contributed by atoms with Gasteiger partial charge in [-0.25, -0.2) is 0 Å². The molecule has 2 atom stereocenters. The van der Waals surface area contributed by atoms with E-state index in [1.807, 2.05) is 36.7 Å². The second-order valence-electron chi connectivity index (χ2n) is 4.30. The molecule has 1 saturated heterocycles. The van der Waals surface area contributed by atoms with Crippen LogP contribution in [-0.4, -0.2) is 52.9 Å². The fraction of sp³-hybridized carbons (Fsp3) is 0.727. The van der Waals surface area contributed by atoms with Gasteiger partial charge in [0.1, 0.15) is 0 Å². The van der Waals surface area contributed by atoms with Gasteiger partial charge in [-0.1, -0.05) is 0 Å². The maximum Gasteiger partial charge on any atom is 0.0810 e. The summed E-state index contributed by atoms with van der Waals surface area (Å²) < 4.78 is 1.87. The van der Waals surface area contributed by atoms with E-state index in [9.17, 15) is 0 Å². The molecule has 1 aliphatic rings. The van der Waals surface area contributed by atoms with Gasteiger partial charge >= 0.3 is 0 Å². The second kappa shape index (κ2) is 5.21. The van der Waals surface area contributed by atoms with Crippen LogP contribution < -0.4 is 5.32 Å². The van der Waals surface area contributed by atoms with Gasteiger partial charge in [-0.05, 0) is 20.2 Å². The van der Waals surface area contributed by atoms with Crippen LogP contribution >= 0.6 is 11.8 Å². The summed E-state index contributed by atoms with van der Waals surface area (Å²) in [6.07, 6.45) is 2.01. The summed E-state index contributed by atoms with van der Waals surface area (Å²) in [4.78, 5) is 2.44. The minimum absolute atomic E-state index is 0.332. The molecule has 1 fully saturated rings. The molecule has 1 aromatic heterocycles. The summed E-state index contributed by atoms with van der Waals surface area (Å²) in [5.41, 5.74) is 1.14. The fourth-order valence-electron chi connectivity index (χ4n) is 2.19. The highest BCUT2D eigenvalue weighted by atomic mass is 32.2. The molecule has 2 rings (SSSR count). The Balaban J connectivity index is 2.14. The van der Waals surface area contributed by atoms with E-state index in [-0.39, 0.29) is 0 Å². The van der Waals surface area contributed by atoms with Crippen molar-refractivity contribution in [2.45, 2.75) is 12.1 Å². The molecule has 1 aliphatic heterocycles. The first kappa shape index (κ1) is 12.0. The van der Waals surface area contributed by atoms with Crippen molar-refractivity contribution in [3.63, 3.8) is 0 Å². The lowest BCUT2D eigenvalue weighted by Gasteiger charge is -2.36. The van der Waals surface area contributed by atoms with Crippen LogP contribution in [0.5, 0.6) is 0 Å². The molecule has 2 unspecified atom stereocenters. The highest BCUT2D eigenvalue weighted by Gasteiger charge is 2.29. The molecular formula is C11H20N4S. The van der Waals surface area contributed by atoms with Crippen LogP contribution in [-0.2, 0) is 7.05 Å². The first-order valence-corrected chi connectivity index (χ1v) is 6.82. The molecule has 0 spiro atoms. The van der Waals surface area contributed by atoms with Crippen molar-refractivity contribution < 1.29 is 0 Å². The lowest BCUT2D eigenvalue weighted by molar-refractivity contribution is 0.218. The predicted molar refractivity (Wildman–Crippen MR) is 68.8 cm³/mol. The van der Waals surface area contributed by atoms with E-state index >= 15 is 0 Å². The van der Waals surface area contributed by atoms with Crippen molar-refractivity contribution >= 4 is 11.8 Å². The van der Waals surface area contributed by atoms with Gasteiger partial charge in [0, 0.05) is 37.3 Å². The van der Waals surface area contributed by atoms with Crippen LogP contribution in [0.1, 0.15) is 11.7 Å². The normalized spacial score (nSPS) is 24.6. The highest BCUT2D eigenvalue weighted by Crippen LogP contribution is 2.25. The SMILES string of the molecule is CNC(c1ccn(C)n1)C1CSCCN1C. The van der Waals surface area contributed by atoms with Crippen molar-refractivity contribution in [2.75, 3.05) is 32.1 Å². The third-order valence-electron chi connectivity index (χ3n) is 3.19. The largest absolute Gasteiger partial charge is 0.310 e. The Morgan fingerprint density at radius 3 is 2.94 bits per heavy atom. The number of nitrogens with one attached hydrogen (secondary N) is 1. The predicted octanol–water partition coefficient (Wildman–Crippen LogP) is 0.728. The number of nitrogens with zero attached hydrogens (tertiary/aromatic N) is 3. The maximum atomic E-state index is 4.51. The van der Waals surface area contributed by atoms with Gasteiger partial charge in [0.2, 0.25) is 0 Å². The summed E-state index contributed by atoms with van der Waals surface area (Å²) in [5, 5.41) is 7.91. The molecule has 16 heavy (non-hydrogen) atoms. The van der Waals surface area contributed by atoms with Gasteiger partial charge in [0.15, 0.2) is 0 Å². The van der Waals surface area contributed by atoms with Crippen LogP contribution in [0, 0.1) is 0 Å².